The Kier molecular flexibility index (Phi) is 7.64. The molecule has 33 heavy (non-hydrogen) atoms. The minimum atomic E-state index is -0.219. The molecule has 1 aliphatic rings. The molecular weight excluding hydrogens is 474 g/mol. The number of hydrogen-bond donors (Lipinski definition) is 0. The molecule has 1 fully saturated rings. The van der Waals surface area contributed by atoms with E-state index in [0.717, 1.165) is 10.5 Å². The van der Waals surface area contributed by atoms with Crippen molar-refractivity contribution in [3.05, 3.63) is 75.0 Å². The van der Waals surface area contributed by atoms with Gasteiger partial charge in [0.15, 0.2) is 0 Å². The van der Waals surface area contributed by atoms with Crippen LogP contribution in [0.15, 0.2) is 68.3 Å². The molecule has 3 aromatic rings. The highest BCUT2D eigenvalue weighted by atomic mass is 32.2. The van der Waals surface area contributed by atoms with Crippen LogP contribution >= 0.6 is 35.7 Å². The molecule has 0 aliphatic carbocycles. The van der Waals surface area contributed by atoms with E-state index in [1.807, 2.05) is 56.3 Å². The van der Waals surface area contributed by atoms with Crippen molar-refractivity contribution in [1.82, 2.24) is 14.3 Å². The van der Waals surface area contributed by atoms with Crippen molar-refractivity contribution in [3.63, 3.8) is 0 Å². The van der Waals surface area contributed by atoms with Crippen LogP contribution in [0.25, 0.3) is 11.7 Å². The van der Waals surface area contributed by atoms with Gasteiger partial charge in [0.25, 0.3) is 11.5 Å². The van der Waals surface area contributed by atoms with E-state index in [4.69, 9.17) is 21.9 Å². The van der Waals surface area contributed by atoms with Crippen LogP contribution in [0.5, 0.6) is 0 Å². The molecule has 0 unspecified atom stereocenters. The average molecular weight is 498 g/mol. The normalized spacial score (nSPS) is 15.2. The Morgan fingerprint density at radius 2 is 1.97 bits per heavy atom. The predicted molar refractivity (Wildman–Crippen MR) is 138 cm³/mol. The van der Waals surface area contributed by atoms with Crippen molar-refractivity contribution in [2.24, 2.45) is 0 Å². The van der Waals surface area contributed by atoms with Crippen molar-refractivity contribution in [1.29, 1.82) is 0 Å². The lowest BCUT2D eigenvalue weighted by atomic mass is 10.2. The van der Waals surface area contributed by atoms with Gasteiger partial charge in [0, 0.05) is 30.9 Å². The SMILES string of the molecule is CCOCCCN1C(=O)/C(=C\c2c(Sc3ccccc3)nc3c(C)cccn3c2=O)SC1=S. The van der Waals surface area contributed by atoms with Gasteiger partial charge in [0.2, 0.25) is 0 Å². The molecule has 9 heteroatoms. The van der Waals surface area contributed by atoms with Crippen molar-refractivity contribution >= 4 is 57.7 Å². The Balaban J connectivity index is 1.75. The second-order valence-corrected chi connectivity index (χ2v) is 10.1. The first kappa shape index (κ1) is 23.7. The number of carbonyl (C=O) groups excluding carboxylic acids is 1. The van der Waals surface area contributed by atoms with E-state index in [1.54, 1.807) is 17.2 Å². The Morgan fingerprint density at radius 1 is 1.18 bits per heavy atom. The number of amides is 1. The maximum Gasteiger partial charge on any atom is 0.266 e. The van der Waals surface area contributed by atoms with Crippen LogP contribution in [-0.4, -0.2) is 44.3 Å². The summed E-state index contributed by atoms with van der Waals surface area (Å²) in [6, 6.07) is 13.5. The van der Waals surface area contributed by atoms with Gasteiger partial charge in [-0.3, -0.25) is 18.9 Å². The zero-order chi connectivity index (χ0) is 23.4. The standard InChI is InChI=1S/C24H23N3O3S3/c1-3-30-14-8-13-27-23(29)19(33-24(27)31)15-18-21(32-17-10-5-4-6-11-17)25-20-16(2)9-7-12-26(20)22(18)28/h4-7,9-12,15H,3,8,13-14H2,1-2H3/b19-15+. The Hall–Kier alpha value is -2.46. The van der Waals surface area contributed by atoms with Crippen molar-refractivity contribution in [2.45, 2.75) is 30.2 Å². The van der Waals surface area contributed by atoms with Crippen LogP contribution in [0.3, 0.4) is 0 Å². The van der Waals surface area contributed by atoms with Crippen LogP contribution in [0, 0.1) is 6.92 Å². The molecule has 1 saturated heterocycles. The number of benzene rings is 1. The maximum atomic E-state index is 13.5. The summed E-state index contributed by atoms with van der Waals surface area (Å²) in [5.74, 6) is -0.189. The Labute approximate surface area is 206 Å². The Morgan fingerprint density at radius 3 is 2.73 bits per heavy atom. The number of pyridine rings is 1. The van der Waals surface area contributed by atoms with E-state index >= 15 is 0 Å². The first-order chi connectivity index (χ1) is 16.0. The predicted octanol–water partition coefficient (Wildman–Crippen LogP) is 4.78. The number of aromatic nitrogens is 2. The lowest BCUT2D eigenvalue weighted by Crippen LogP contribution is -2.29. The van der Waals surface area contributed by atoms with Gasteiger partial charge in [-0.15, -0.1) is 0 Å². The van der Waals surface area contributed by atoms with E-state index in [-0.39, 0.29) is 11.5 Å². The lowest BCUT2D eigenvalue weighted by Gasteiger charge is -2.14. The molecule has 0 radical (unpaired) electrons. The summed E-state index contributed by atoms with van der Waals surface area (Å²) in [5, 5.41) is 0.558. The third-order valence-corrected chi connectivity index (χ3v) is 7.42. The number of fused-ring (bicyclic) bond motifs is 1. The number of thioether (sulfide) groups is 1. The van der Waals surface area contributed by atoms with Gasteiger partial charge in [-0.1, -0.05) is 60.0 Å². The molecule has 0 saturated carbocycles. The summed E-state index contributed by atoms with van der Waals surface area (Å²) >= 11 is 8.06. The zero-order valence-electron chi connectivity index (χ0n) is 18.3. The van der Waals surface area contributed by atoms with E-state index in [2.05, 4.69) is 0 Å². The molecule has 2 aromatic heterocycles. The van der Waals surface area contributed by atoms with Crippen LogP contribution < -0.4 is 5.56 Å². The Bertz CT molecular complexity index is 1290. The first-order valence-corrected chi connectivity index (χ1v) is 12.6. The van der Waals surface area contributed by atoms with Crippen LogP contribution in [0.2, 0.25) is 0 Å². The molecule has 3 heterocycles. The second kappa shape index (κ2) is 10.6. The van der Waals surface area contributed by atoms with Crippen molar-refractivity contribution in [3.8, 4) is 0 Å². The largest absolute Gasteiger partial charge is 0.382 e. The van der Waals surface area contributed by atoms with E-state index < -0.39 is 0 Å². The average Bonchev–Trinajstić information content (AvgIpc) is 3.08. The van der Waals surface area contributed by atoms with Gasteiger partial charge in [0.1, 0.15) is 15.0 Å². The number of rotatable bonds is 8. The first-order valence-electron chi connectivity index (χ1n) is 10.6. The summed E-state index contributed by atoms with van der Waals surface area (Å²) in [5.41, 5.74) is 1.66. The summed E-state index contributed by atoms with van der Waals surface area (Å²) in [4.78, 5) is 34.3. The van der Waals surface area contributed by atoms with Gasteiger partial charge in [-0.25, -0.2) is 4.98 Å². The van der Waals surface area contributed by atoms with Gasteiger partial charge >= 0.3 is 0 Å². The van der Waals surface area contributed by atoms with Crippen molar-refractivity contribution < 1.29 is 9.53 Å². The topological polar surface area (TPSA) is 63.9 Å². The third-order valence-electron chi connectivity index (χ3n) is 5.03. The molecule has 0 atom stereocenters. The fourth-order valence-corrected chi connectivity index (χ4v) is 5.58. The van der Waals surface area contributed by atoms with Gasteiger partial charge in [-0.05, 0) is 50.1 Å². The van der Waals surface area contributed by atoms with Gasteiger partial charge in [-0.2, -0.15) is 0 Å². The zero-order valence-corrected chi connectivity index (χ0v) is 20.8. The minimum Gasteiger partial charge on any atom is -0.382 e. The molecule has 1 aliphatic heterocycles. The van der Waals surface area contributed by atoms with Gasteiger partial charge in [0.05, 0.1) is 10.5 Å². The van der Waals surface area contributed by atoms with Gasteiger partial charge < -0.3 is 4.74 Å². The smallest absolute Gasteiger partial charge is 0.266 e. The summed E-state index contributed by atoms with van der Waals surface area (Å²) in [6.07, 6.45) is 4.03. The van der Waals surface area contributed by atoms with E-state index in [0.29, 0.717) is 51.6 Å². The number of hydrogen-bond acceptors (Lipinski definition) is 7. The number of ether oxygens (including phenoxy) is 1. The molecule has 4 rings (SSSR count). The second-order valence-electron chi connectivity index (χ2n) is 7.32. The molecule has 1 aromatic carbocycles. The van der Waals surface area contributed by atoms with Crippen LogP contribution in [0.1, 0.15) is 24.5 Å². The number of aryl methyl sites for hydroxylation is 1. The minimum absolute atomic E-state index is 0.189. The molecule has 0 bridgehead atoms. The third kappa shape index (κ3) is 5.22. The summed E-state index contributed by atoms with van der Waals surface area (Å²) in [6.45, 7) is 5.55. The molecule has 0 spiro atoms. The monoisotopic (exact) mass is 497 g/mol. The lowest BCUT2D eigenvalue weighted by molar-refractivity contribution is -0.122. The molecule has 1 amide bonds. The highest BCUT2D eigenvalue weighted by Gasteiger charge is 2.32. The number of thiocarbonyl (C=S) groups is 1. The molecular formula is C24H23N3O3S3. The maximum absolute atomic E-state index is 13.5. The number of nitrogens with zero attached hydrogens (tertiary/aromatic N) is 3. The van der Waals surface area contributed by atoms with E-state index in [9.17, 15) is 9.59 Å². The molecule has 170 valence electrons. The fourth-order valence-electron chi connectivity index (χ4n) is 3.39. The summed E-state index contributed by atoms with van der Waals surface area (Å²) in [7, 11) is 0. The fraction of sp³-hybridized carbons (Fsp3) is 0.250. The van der Waals surface area contributed by atoms with Crippen LogP contribution in [-0.2, 0) is 9.53 Å². The highest BCUT2D eigenvalue weighted by molar-refractivity contribution is 8.26. The molecule has 6 nitrogen and oxygen atoms in total. The highest BCUT2D eigenvalue weighted by Crippen LogP contribution is 2.35. The van der Waals surface area contributed by atoms with Crippen molar-refractivity contribution in [2.75, 3.05) is 19.8 Å². The quantitative estimate of drug-likeness (QED) is 0.192. The van der Waals surface area contributed by atoms with E-state index in [1.165, 1.54) is 27.9 Å². The van der Waals surface area contributed by atoms with Crippen LogP contribution in [0.4, 0.5) is 0 Å². The molecule has 0 N–H and O–H groups in total. The number of carbonyl (C=O) groups is 1. The summed E-state index contributed by atoms with van der Waals surface area (Å²) < 4.78 is 7.38.